The fourth-order valence-corrected chi connectivity index (χ4v) is 0. The number of rotatable bonds is 0. The van der Waals surface area contributed by atoms with Crippen LogP contribution in [-0.2, 0) is 62.5 Å². The van der Waals surface area contributed by atoms with E-state index in [0.717, 1.165) is 0 Å². The standard InChI is InChI=1S/Co.O.Ti.V/q+2;-2;+4;. The molecule has 0 aromatic carbocycles. The molecule has 0 aliphatic carbocycles. The predicted octanol–water partition coefficient (Wildman–Crippen LogP) is -0.126. The Morgan fingerprint density at radius 3 is 1.00 bits per heavy atom. The van der Waals surface area contributed by atoms with Crippen LogP contribution < -0.4 is 0 Å². The van der Waals surface area contributed by atoms with Crippen LogP contribution in [0.1, 0.15) is 0 Å². The van der Waals surface area contributed by atoms with E-state index in [4.69, 9.17) is 0 Å². The molecule has 1 nitrogen and oxygen atoms in total. The van der Waals surface area contributed by atoms with Crippen molar-refractivity contribution in [3.8, 4) is 0 Å². The summed E-state index contributed by atoms with van der Waals surface area (Å²) < 4.78 is 0. The predicted molar refractivity (Wildman–Crippen MR) is 0.686 cm³/mol. The first-order valence-electron chi connectivity index (χ1n) is 0. The zero-order valence-electron chi connectivity index (χ0n) is 1.69. The van der Waals surface area contributed by atoms with Crippen LogP contribution in [0.15, 0.2) is 0 Å². The quantitative estimate of drug-likeness (QED) is 0.457. The third-order valence-corrected chi connectivity index (χ3v) is 0. The van der Waals surface area contributed by atoms with Crippen molar-refractivity contribution in [1.82, 2.24) is 0 Å². The molecule has 0 amide bonds. The molecular formula is CoOTiV+4. The molecule has 0 N–H and O–H groups in total. The molecule has 4 heteroatoms. The van der Waals surface area contributed by atoms with Gasteiger partial charge >= 0.3 is 38.5 Å². The summed E-state index contributed by atoms with van der Waals surface area (Å²) in [5, 5.41) is 0. The van der Waals surface area contributed by atoms with Gasteiger partial charge in [-0.05, 0) is 0 Å². The molecule has 4 heavy (non-hydrogen) atoms. The van der Waals surface area contributed by atoms with Crippen molar-refractivity contribution in [1.29, 1.82) is 0 Å². The minimum absolute atomic E-state index is 0. The number of hydrogen-bond acceptors (Lipinski definition) is 0. The summed E-state index contributed by atoms with van der Waals surface area (Å²) in [7, 11) is 0. The van der Waals surface area contributed by atoms with E-state index in [1.54, 1.807) is 0 Å². The van der Waals surface area contributed by atoms with Crippen molar-refractivity contribution >= 4 is 0 Å². The van der Waals surface area contributed by atoms with Gasteiger partial charge < -0.3 is 5.48 Å². The molecular weight excluding hydrogens is 174 g/mol. The Morgan fingerprint density at radius 1 is 1.00 bits per heavy atom. The van der Waals surface area contributed by atoms with Crippen molar-refractivity contribution in [2.24, 2.45) is 0 Å². The first kappa shape index (κ1) is 42.0. The Morgan fingerprint density at radius 2 is 1.00 bits per heavy atom. The molecule has 0 saturated heterocycles. The van der Waals surface area contributed by atoms with Crippen LogP contribution in [0, 0.1) is 0 Å². The van der Waals surface area contributed by atoms with Gasteiger partial charge in [-0.25, -0.2) is 0 Å². The van der Waals surface area contributed by atoms with E-state index in [1.807, 2.05) is 0 Å². The van der Waals surface area contributed by atoms with Gasteiger partial charge in [-0.3, -0.25) is 0 Å². The summed E-state index contributed by atoms with van der Waals surface area (Å²) in [6.45, 7) is 0. The molecule has 0 aliphatic rings. The summed E-state index contributed by atoms with van der Waals surface area (Å²) in [6, 6.07) is 0. The average molecular weight is 174 g/mol. The van der Waals surface area contributed by atoms with Gasteiger partial charge in [0.05, 0.1) is 0 Å². The van der Waals surface area contributed by atoms with Crippen LogP contribution in [0.25, 0.3) is 0 Å². The zero-order chi connectivity index (χ0) is 0. The molecule has 0 aromatic rings. The maximum Gasteiger partial charge on any atom is 4.00 e. The van der Waals surface area contributed by atoms with E-state index in [-0.39, 0.29) is 62.5 Å². The minimum Gasteiger partial charge on any atom is -2.00 e. The van der Waals surface area contributed by atoms with E-state index in [2.05, 4.69) is 0 Å². The van der Waals surface area contributed by atoms with Gasteiger partial charge in [-0.2, -0.15) is 0 Å². The Bertz CT molecular complexity index is 8.00. The molecule has 0 saturated carbocycles. The topological polar surface area (TPSA) is 28.5 Å². The average Bonchev–Trinajstić information content (AvgIpc) is 0. The molecule has 0 aliphatic heterocycles. The minimum atomic E-state index is 0. The van der Waals surface area contributed by atoms with Crippen molar-refractivity contribution in [2.45, 2.75) is 0 Å². The molecule has 0 rings (SSSR count). The van der Waals surface area contributed by atoms with E-state index in [0.29, 0.717) is 0 Å². The second-order valence-electron chi connectivity index (χ2n) is 0. The first-order chi connectivity index (χ1) is 0. The Balaban J connectivity index is 0. The Hall–Kier alpha value is 1.77. The van der Waals surface area contributed by atoms with E-state index in [9.17, 15) is 0 Å². The van der Waals surface area contributed by atoms with Gasteiger partial charge in [0.2, 0.25) is 0 Å². The smallest absolute Gasteiger partial charge is 2.00 e. The summed E-state index contributed by atoms with van der Waals surface area (Å²) in [4.78, 5) is 0. The normalized spacial score (nSPS) is 0. The molecule has 0 bridgehead atoms. The van der Waals surface area contributed by atoms with Crippen LogP contribution in [-0.4, -0.2) is 0 Å². The van der Waals surface area contributed by atoms with Crippen molar-refractivity contribution < 1.29 is 62.5 Å². The maximum absolute atomic E-state index is 0. The summed E-state index contributed by atoms with van der Waals surface area (Å²) >= 11 is 0. The molecule has 0 unspecified atom stereocenters. The zero-order valence-corrected chi connectivity index (χ0v) is 5.69. The summed E-state index contributed by atoms with van der Waals surface area (Å²) in [6.07, 6.45) is 0. The van der Waals surface area contributed by atoms with Crippen LogP contribution in [0.4, 0.5) is 0 Å². The second kappa shape index (κ2) is 21.7. The molecule has 0 atom stereocenters. The molecule has 0 spiro atoms. The monoisotopic (exact) mass is 174 g/mol. The first-order valence-corrected chi connectivity index (χ1v) is 0. The third-order valence-electron chi connectivity index (χ3n) is 0. The van der Waals surface area contributed by atoms with Crippen molar-refractivity contribution in [3.63, 3.8) is 0 Å². The molecule has 20 valence electrons. The van der Waals surface area contributed by atoms with Crippen molar-refractivity contribution in [3.05, 3.63) is 0 Å². The fourth-order valence-electron chi connectivity index (χ4n) is 0. The SMILES string of the molecule is [Co+2].[O-2].[Ti+4].[V]. The molecule has 0 aromatic heterocycles. The van der Waals surface area contributed by atoms with Gasteiger partial charge in [-0.15, -0.1) is 0 Å². The summed E-state index contributed by atoms with van der Waals surface area (Å²) in [5.74, 6) is 0. The largest absolute Gasteiger partial charge is 4.00 e. The second-order valence-corrected chi connectivity index (χ2v) is 0. The Kier molecular flexibility index (Phi) is 228. The van der Waals surface area contributed by atoms with E-state index < -0.39 is 0 Å². The molecule has 0 heterocycles. The van der Waals surface area contributed by atoms with Gasteiger partial charge in [0.1, 0.15) is 0 Å². The van der Waals surface area contributed by atoms with Crippen LogP contribution >= 0.6 is 0 Å². The summed E-state index contributed by atoms with van der Waals surface area (Å²) in [5.41, 5.74) is 0. The van der Waals surface area contributed by atoms with Gasteiger partial charge in [0, 0.05) is 18.6 Å². The maximum atomic E-state index is 0. The fraction of sp³-hybridized carbons (Fsp3) is 0. The molecule has 0 fully saturated rings. The van der Waals surface area contributed by atoms with Crippen LogP contribution in [0.3, 0.4) is 0 Å². The van der Waals surface area contributed by atoms with Crippen LogP contribution in [0.5, 0.6) is 0 Å². The van der Waals surface area contributed by atoms with Crippen molar-refractivity contribution in [2.75, 3.05) is 0 Å². The van der Waals surface area contributed by atoms with E-state index in [1.165, 1.54) is 0 Å². The third kappa shape index (κ3) is 9.24. The van der Waals surface area contributed by atoms with Gasteiger partial charge in [0.25, 0.3) is 0 Å². The van der Waals surface area contributed by atoms with Gasteiger partial charge in [-0.1, -0.05) is 0 Å². The van der Waals surface area contributed by atoms with E-state index >= 15 is 0 Å². The van der Waals surface area contributed by atoms with Gasteiger partial charge in [0.15, 0.2) is 0 Å². The number of hydrogen-bond donors (Lipinski definition) is 0. The Labute approximate surface area is 62.2 Å². The molecule has 2 radical (unpaired) electrons. The van der Waals surface area contributed by atoms with Crippen LogP contribution in [0.2, 0.25) is 0 Å².